The standard InChI is InChI=1S/Al.Na.2H4O4Si.O4Si/c;;3*1-5(2,3)4/h;;2*1-4H;/q+3;+1;;;-4. The second-order valence-electron chi connectivity index (χ2n) is 1.70. The zero-order chi connectivity index (χ0) is 13.5. The van der Waals surface area contributed by atoms with Crippen LogP contribution in [0.3, 0.4) is 0 Å². The van der Waals surface area contributed by atoms with Gasteiger partial charge in [-0.1, -0.05) is 0 Å². The Morgan fingerprint density at radius 2 is 0.529 bits per heavy atom. The molecule has 0 saturated heterocycles. The Labute approximate surface area is 131 Å². The Morgan fingerprint density at radius 3 is 0.529 bits per heavy atom. The van der Waals surface area contributed by atoms with Gasteiger partial charge in [0, 0.05) is 0 Å². The Bertz CT molecular complexity index is 96.8. The molecule has 17 heavy (non-hydrogen) atoms. The van der Waals surface area contributed by atoms with E-state index in [9.17, 15) is 0 Å². The first-order valence-corrected chi connectivity index (χ1v) is 7.82. The van der Waals surface area contributed by atoms with E-state index < -0.39 is 27.1 Å². The van der Waals surface area contributed by atoms with Crippen molar-refractivity contribution in [3.63, 3.8) is 0 Å². The van der Waals surface area contributed by atoms with Crippen LogP contribution >= 0.6 is 0 Å². The molecule has 0 bridgehead atoms. The zero-order valence-corrected chi connectivity index (χ0v) is 14.4. The van der Waals surface area contributed by atoms with Gasteiger partial charge in [-0.25, -0.2) is 0 Å². The predicted octanol–water partition coefficient (Wildman–Crippen LogP) is -13.7. The third kappa shape index (κ3) is 1500. The van der Waals surface area contributed by atoms with Gasteiger partial charge in [0.05, 0.1) is 0 Å². The molecule has 0 spiro atoms. The molecule has 0 aliphatic carbocycles. The van der Waals surface area contributed by atoms with Crippen molar-refractivity contribution in [1.82, 2.24) is 0 Å². The number of hydrogen-bond donors (Lipinski definition) is 8. The van der Waals surface area contributed by atoms with Crippen molar-refractivity contribution in [2.24, 2.45) is 0 Å². The van der Waals surface area contributed by atoms with Crippen LogP contribution in [0.5, 0.6) is 0 Å². The summed E-state index contributed by atoms with van der Waals surface area (Å²) in [6, 6.07) is 0. The van der Waals surface area contributed by atoms with Gasteiger partial charge in [0.25, 0.3) is 0 Å². The molecule has 0 aromatic rings. The molecule has 0 fully saturated rings. The molecule has 0 atom stereocenters. The van der Waals surface area contributed by atoms with Crippen LogP contribution in [0, 0.1) is 0 Å². The van der Waals surface area contributed by atoms with Crippen LogP contribution in [0.15, 0.2) is 0 Å². The minimum absolute atomic E-state index is 0. The SMILES string of the molecule is O[Si](O)(O)O.O[Si](O)(O)O.[Al+3].[Na+].[O-][Si]([O-])([O-])[O-]. The van der Waals surface area contributed by atoms with E-state index in [2.05, 4.69) is 0 Å². The van der Waals surface area contributed by atoms with Crippen molar-refractivity contribution in [2.45, 2.75) is 0 Å². The maximum Gasteiger partial charge on any atom is 3.00 e. The van der Waals surface area contributed by atoms with Crippen molar-refractivity contribution in [3.8, 4) is 0 Å². The predicted molar refractivity (Wildman–Crippen MR) is 40.8 cm³/mol. The second kappa shape index (κ2) is 12.7. The van der Waals surface area contributed by atoms with Crippen LogP contribution in [-0.4, -0.2) is 82.9 Å². The molecule has 0 aromatic heterocycles. The van der Waals surface area contributed by atoms with Gasteiger partial charge in [0.1, 0.15) is 0 Å². The van der Waals surface area contributed by atoms with Gasteiger partial charge < -0.3 is 66.6 Å². The van der Waals surface area contributed by atoms with Crippen molar-refractivity contribution < 1.29 is 87.1 Å². The molecule has 0 unspecified atom stereocenters. The molecule has 0 heterocycles. The summed E-state index contributed by atoms with van der Waals surface area (Å²) in [5, 5.41) is 0. The topological polar surface area (TPSA) is 254 Å². The summed E-state index contributed by atoms with van der Waals surface area (Å²) in [5.74, 6) is 0. The van der Waals surface area contributed by atoms with Crippen LogP contribution in [0.2, 0.25) is 0 Å². The van der Waals surface area contributed by atoms with Crippen LogP contribution in [0.1, 0.15) is 0 Å². The van der Waals surface area contributed by atoms with Crippen LogP contribution < -0.4 is 48.7 Å². The van der Waals surface area contributed by atoms with Crippen molar-refractivity contribution in [2.75, 3.05) is 0 Å². The summed E-state index contributed by atoms with van der Waals surface area (Å²) in [6.07, 6.45) is 0. The van der Waals surface area contributed by atoms with E-state index in [4.69, 9.17) is 57.5 Å². The average Bonchev–Trinajstić information content (AvgIpc) is 1.41. The molecule has 0 aliphatic rings. The van der Waals surface area contributed by atoms with Gasteiger partial charge in [0.15, 0.2) is 0 Å². The van der Waals surface area contributed by atoms with E-state index in [1.54, 1.807) is 0 Å². The molecule has 0 amide bonds. The Hall–Kier alpha value is 1.70. The Kier molecular flexibility index (Phi) is 23.4. The largest absolute Gasteiger partial charge is 3.00 e. The summed E-state index contributed by atoms with van der Waals surface area (Å²) < 4.78 is 0. The minimum atomic E-state index is -5.61. The fourth-order valence-electron chi connectivity index (χ4n) is 0. The van der Waals surface area contributed by atoms with E-state index in [1.165, 1.54) is 0 Å². The third-order valence-corrected chi connectivity index (χ3v) is 0. The summed E-state index contributed by atoms with van der Waals surface area (Å²) in [7, 11) is -14.8. The van der Waals surface area contributed by atoms with E-state index in [1.807, 2.05) is 0 Å². The summed E-state index contributed by atoms with van der Waals surface area (Å²) in [6.45, 7) is 0. The van der Waals surface area contributed by atoms with E-state index in [-0.39, 0.29) is 46.9 Å². The maximum absolute atomic E-state index is 8.58. The molecule has 0 aliphatic heterocycles. The fraction of sp³-hybridized carbons (Fsp3) is 0. The summed E-state index contributed by atoms with van der Waals surface area (Å²) >= 11 is 0. The van der Waals surface area contributed by atoms with E-state index in [0.29, 0.717) is 0 Å². The first-order chi connectivity index (χ1) is 6.00. The molecule has 0 rings (SSSR count). The molecular weight excluding hydrogens is 326 g/mol. The van der Waals surface area contributed by atoms with Crippen molar-refractivity contribution >= 4 is 44.5 Å². The molecule has 12 nitrogen and oxygen atoms in total. The quantitative estimate of drug-likeness (QED) is 0.192. The molecular formula is H8AlNaO12Si3. The average molecular weight is 334 g/mol. The normalized spacial score (nSPS) is 10.6. The van der Waals surface area contributed by atoms with Gasteiger partial charge in [-0.15, -0.1) is 0 Å². The van der Waals surface area contributed by atoms with E-state index >= 15 is 0 Å². The summed E-state index contributed by atoms with van der Waals surface area (Å²) in [5.41, 5.74) is 0. The van der Waals surface area contributed by atoms with E-state index in [0.717, 1.165) is 0 Å². The molecule has 17 heteroatoms. The zero-order valence-electron chi connectivity index (χ0n) is 8.29. The number of rotatable bonds is 0. The van der Waals surface area contributed by atoms with Crippen LogP contribution in [0.4, 0.5) is 0 Å². The second-order valence-corrected chi connectivity index (χ2v) is 5.10. The smallest absolute Gasteiger partial charge is 0.894 e. The molecule has 0 radical (unpaired) electrons. The molecule has 96 valence electrons. The van der Waals surface area contributed by atoms with Crippen molar-refractivity contribution in [1.29, 1.82) is 0 Å². The maximum atomic E-state index is 8.58. The monoisotopic (exact) mass is 334 g/mol. The minimum Gasteiger partial charge on any atom is -0.894 e. The van der Waals surface area contributed by atoms with Crippen molar-refractivity contribution in [3.05, 3.63) is 0 Å². The number of hydrogen-bond acceptors (Lipinski definition) is 12. The molecule has 0 aromatic carbocycles. The third-order valence-electron chi connectivity index (χ3n) is 0. The first-order valence-electron chi connectivity index (χ1n) is 2.61. The van der Waals surface area contributed by atoms with Gasteiger partial charge in [-0.3, -0.25) is 0 Å². The van der Waals surface area contributed by atoms with Gasteiger partial charge in [-0.05, 0) is 0 Å². The van der Waals surface area contributed by atoms with Crippen LogP contribution in [-0.2, 0) is 0 Å². The fourth-order valence-corrected chi connectivity index (χ4v) is 0. The summed E-state index contributed by atoms with van der Waals surface area (Å²) in [4.78, 5) is 92.9. The van der Waals surface area contributed by atoms with Gasteiger partial charge in [0.2, 0.25) is 0 Å². The Morgan fingerprint density at radius 1 is 0.529 bits per heavy atom. The molecule has 0 saturated carbocycles. The van der Waals surface area contributed by atoms with Gasteiger partial charge in [-0.2, -0.15) is 0 Å². The Balaban J connectivity index is -0.0000000400. The first kappa shape index (κ1) is 31.2. The van der Waals surface area contributed by atoms with Gasteiger partial charge >= 0.3 is 65.0 Å². The molecule has 8 N–H and O–H groups in total. The van der Waals surface area contributed by atoms with Crippen LogP contribution in [0.25, 0.3) is 0 Å².